The Kier molecular flexibility index (Phi) is 1.91. The molecule has 1 saturated carbocycles. The molecule has 0 aliphatic heterocycles. The van der Waals surface area contributed by atoms with Crippen molar-refractivity contribution in [2.24, 2.45) is 5.73 Å². The molecule has 2 aliphatic rings. The van der Waals surface area contributed by atoms with Gasteiger partial charge in [-0.1, -0.05) is 5.16 Å². The molecule has 1 aromatic rings. The molecular formula is C11H16N2O2. The Morgan fingerprint density at radius 1 is 1.53 bits per heavy atom. The van der Waals surface area contributed by atoms with Gasteiger partial charge in [0.15, 0.2) is 0 Å². The topological polar surface area (TPSA) is 72.3 Å². The van der Waals surface area contributed by atoms with E-state index in [0.29, 0.717) is 5.92 Å². The minimum Gasteiger partial charge on any atom is -0.394 e. The van der Waals surface area contributed by atoms with Crippen LogP contribution in [0.2, 0.25) is 0 Å². The molecule has 0 saturated heterocycles. The quantitative estimate of drug-likeness (QED) is 0.761. The molecule has 1 fully saturated rings. The van der Waals surface area contributed by atoms with Crippen LogP contribution in [0.25, 0.3) is 0 Å². The van der Waals surface area contributed by atoms with Gasteiger partial charge in [0, 0.05) is 17.9 Å². The van der Waals surface area contributed by atoms with Crippen molar-refractivity contribution in [2.75, 3.05) is 6.61 Å². The SMILES string of the molecule is NC1(CO)CCCc2onc(C3CC3)c21. The highest BCUT2D eigenvalue weighted by Crippen LogP contribution is 2.46. The van der Waals surface area contributed by atoms with Crippen molar-refractivity contribution in [3.05, 3.63) is 17.0 Å². The summed E-state index contributed by atoms with van der Waals surface area (Å²) in [5.74, 6) is 1.43. The third-order valence-corrected chi connectivity index (χ3v) is 3.56. The number of rotatable bonds is 2. The molecule has 0 bridgehead atoms. The minimum atomic E-state index is -0.606. The summed E-state index contributed by atoms with van der Waals surface area (Å²) >= 11 is 0. The Hall–Kier alpha value is -0.870. The molecule has 4 heteroatoms. The molecule has 1 heterocycles. The maximum Gasteiger partial charge on any atom is 0.142 e. The summed E-state index contributed by atoms with van der Waals surface area (Å²) in [5.41, 5.74) is 7.65. The number of hydrogen-bond donors (Lipinski definition) is 2. The zero-order valence-electron chi connectivity index (χ0n) is 8.70. The Labute approximate surface area is 88.4 Å². The molecule has 4 nitrogen and oxygen atoms in total. The maximum absolute atomic E-state index is 9.45. The van der Waals surface area contributed by atoms with Gasteiger partial charge in [-0.2, -0.15) is 0 Å². The van der Waals surface area contributed by atoms with Gasteiger partial charge in [-0.05, 0) is 25.7 Å². The first-order chi connectivity index (χ1) is 7.24. The van der Waals surface area contributed by atoms with Crippen LogP contribution in [0.4, 0.5) is 0 Å². The van der Waals surface area contributed by atoms with Crippen LogP contribution in [0.5, 0.6) is 0 Å². The van der Waals surface area contributed by atoms with Gasteiger partial charge in [0.2, 0.25) is 0 Å². The molecule has 15 heavy (non-hydrogen) atoms. The third kappa shape index (κ3) is 1.32. The zero-order chi connectivity index (χ0) is 10.5. The molecule has 1 unspecified atom stereocenters. The molecule has 82 valence electrons. The number of aryl methyl sites for hydroxylation is 1. The van der Waals surface area contributed by atoms with Gasteiger partial charge in [-0.3, -0.25) is 0 Å². The summed E-state index contributed by atoms with van der Waals surface area (Å²) in [6.07, 6.45) is 5.08. The van der Waals surface area contributed by atoms with Crippen molar-refractivity contribution >= 4 is 0 Å². The van der Waals surface area contributed by atoms with Gasteiger partial charge in [0.05, 0.1) is 17.8 Å². The largest absolute Gasteiger partial charge is 0.394 e. The molecule has 0 aromatic carbocycles. The predicted octanol–water partition coefficient (Wildman–Crippen LogP) is 1.03. The first-order valence-corrected chi connectivity index (χ1v) is 5.63. The Bertz CT molecular complexity index is 384. The van der Waals surface area contributed by atoms with Gasteiger partial charge in [-0.15, -0.1) is 0 Å². The second-order valence-corrected chi connectivity index (χ2v) is 4.81. The van der Waals surface area contributed by atoms with E-state index in [-0.39, 0.29) is 6.61 Å². The maximum atomic E-state index is 9.45. The third-order valence-electron chi connectivity index (χ3n) is 3.56. The highest BCUT2D eigenvalue weighted by atomic mass is 16.5. The summed E-state index contributed by atoms with van der Waals surface area (Å²) in [6.45, 7) is -0.0130. The lowest BCUT2D eigenvalue weighted by Gasteiger charge is -2.31. The van der Waals surface area contributed by atoms with Crippen LogP contribution in [0.15, 0.2) is 4.52 Å². The van der Waals surface area contributed by atoms with Gasteiger partial charge < -0.3 is 15.4 Å². The summed E-state index contributed by atoms with van der Waals surface area (Å²) in [4.78, 5) is 0. The second kappa shape index (κ2) is 3.06. The first-order valence-electron chi connectivity index (χ1n) is 5.63. The average Bonchev–Trinajstić information content (AvgIpc) is 2.99. The number of hydrogen-bond acceptors (Lipinski definition) is 4. The minimum absolute atomic E-state index is 0.0130. The molecule has 3 N–H and O–H groups in total. The van der Waals surface area contributed by atoms with Gasteiger partial charge >= 0.3 is 0 Å². The average molecular weight is 208 g/mol. The second-order valence-electron chi connectivity index (χ2n) is 4.81. The van der Waals surface area contributed by atoms with Crippen LogP contribution in [0.1, 0.15) is 48.6 Å². The van der Waals surface area contributed by atoms with E-state index in [1.165, 1.54) is 12.8 Å². The molecule has 1 atom stereocenters. The van der Waals surface area contributed by atoms with E-state index >= 15 is 0 Å². The zero-order valence-corrected chi connectivity index (χ0v) is 8.70. The van der Waals surface area contributed by atoms with E-state index in [9.17, 15) is 5.11 Å². The monoisotopic (exact) mass is 208 g/mol. The molecular weight excluding hydrogens is 192 g/mol. The van der Waals surface area contributed by atoms with Gasteiger partial charge in [-0.25, -0.2) is 0 Å². The number of aromatic nitrogens is 1. The van der Waals surface area contributed by atoms with Crippen LogP contribution in [0.3, 0.4) is 0 Å². The fourth-order valence-corrected chi connectivity index (χ4v) is 2.52. The molecule has 0 spiro atoms. The Balaban J connectivity index is 2.10. The van der Waals surface area contributed by atoms with E-state index < -0.39 is 5.54 Å². The fraction of sp³-hybridized carbons (Fsp3) is 0.727. The van der Waals surface area contributed by atoms with Gasteiger partial charge in [0.25, 0.3) is 0 Å². The first kappa shape index (κ1) is 9.36. The standard InChI is InChI=1S/C11H16N2O2/c12-11(6-14)5-1-2-8-9(11)10(13-15-8)7-3-4-7/h7,14H,1-6,12H2. The summed E-state index contributed by atoms with van der Waals surface area (Å²) < 4.78 is 5.34. The van der Waals surface area contributed by atoms with E-state index in [1.54, 1.807) is 0 Å². The highest BCUT2D eigenvalue weighted by Gasteiger charge is 2.42. The van der Waals surface area contributed by atoms with Crippen molar-refractivity contribution in [1.29, 1.82) is 0 Å². The molecule has 3 rings (SSSR count). The van der Waals surface area contributed by atoms with E-state index in [4.69, 9.17) is 10.3 Å². The normalized spacial score (nSPS) is 30.3. The number of nitrogens with two attached hydrogens (primary N) is 1. The van der Waals surface area contributed by atoms with Crippen molar-refractivity contribution in [3.8, 4) is 0 Å². The van der Waals surface area contributed by atoms with Crippen LogP contribution in [-0.2, 0) is 12.0 Å². The summed E-state index contributed by atoms with van der Waals surface area (Å²) in [5, 5.41) is 13.6. The van der Waals surface area contributed by atoms with Gasteiger partial charge in [0.1, 0.15) is 5.76 Å². The van der Waals surface area contributed by atoms with Crippen molar-refractivity contribution in [3.63, 3.8) is 0 Å². The van der Waals surface area contributed by atoms with E-state index in [0.717, 1.165) is 36.3 Å². The van der Waals surface area contributed by atoms with E-state index in [2.05, 4.69) is 5.16 Å². The van der Waals surface area contributed by atoms with Crippen LogP contribution in [-0.4, -0.2) is 16.9 Å². The van der Waals surface area contributed by atoms with Crippen molar-refractivity contribution < 1.29 is 9.63 Å². The van der Waals surface area contributed by atoms with Crippen molar-refractivity contribution in [2.45, 2.75) is 43.6 Å². The Morgan fingerprint density at radius 3 is 3.00 bits per heavy atom. The fourth-order valence-electron chi connectivity index (χ4n) is 2.52. The Morgan fingerprint density at radius 2 is 2.33 bits per heavy atom. The lowest BCUT2D eigenvalue weighted by molar-refractivity contribution is 0.174. The van der Waals surface area contributed by atoms with E-state index in [1.807, 2.05) is 0 Å². The predicted molar refractivity (Wildman–Crippen MR) is 54.4 cm³/mol. The van der Waals surface area contributed by atoms with Crippen molar-refractivity contribution in [1.82, 2.24) is 5.16 Å². The van der Waals surface area contributed by atoms with Crippen LogP contribution < -0.4 is 5.73 Å². The molecule has 0 amide bonds. The molecule has 2 aliphatic carbocycles. The number of nitrogens with zero attached hydrogens (tertiary/aromatic N) is 1. The lowest BCUT2D eigenvalue weighted by Crippen LogP contribution is -2.43. The summed E-state index contributed by atoms with van der Waals surface area (Å²) in [7, 11) is 0. The number of fused-ring (bicyclic) bond motifs is 1. The highest BCUT2D eigenvalue weighted by molar-refractivity contribution is 5.37. The number of aliphatic hydroxyl groups excluding tert-OH is 1. The lowest BCUT2D eigenvalue weighted by atomic mass is 9.79. The van der Waals surface area contributed by atoms with Crippen LogP contribution in [0, 0.1) is 0 Å². The number of aliphatic hydroxyl groups is 1. The summed E-state index contributed by atoms with van der Waals surface area (Å²) in [6, 6.07) is 0. The molecule has 1 aromatic heterocycles. The van der Waals surface area contributed by atoms with Crippen LogP contribution >= 0.6 is 0 Å². The smallest absolute Gasteiger partial charge is 0.142 e. The molecule has 0 radical (unpaired) electrons.